The number of likely N-dealkylation sites (tertiary alicyclic amines) is 1. The number of amides is 1. The maximum Gasteiger partial charge on any atom is 0.255 e. The van der Waals surface area contributed by atoms with Crippen LogP contribution in [-0.2, 0) is 14.8 Å². The molecule has 33 heavy (non-hydrogen) atoms. The quantitative estimate of drug-likeness (QED) is 0.635. The lowest BCUT2D eigenvalue weighted by Gasteiger charge is -2.38. The first-order chi connectivity index (χ1) is 15.5. The maximum absolute atomic E-state index is 14.4. The summed E-state index contributed by atoms with van der Waals surface area (Å²) in [4.78, 5) is 14.4. The first-order valence-corrected chi connectivity index (χ1v) is 12.5. The van der Waals surface area contributed by atoms with Crippen molar-refractivity contribution >= 4 is 15.9 Å². The first-order valence-electron chi connectivity index (χ1n) is 10.6. The van der Waals surface area contributed by atoms with Gasteiger partial charge in [-0.3, -0.25) is 4.79 Å². The number of sulfonamides is 1. The molecule has 1 aliphatic carbocycles. The molecule has 1 amide bonds. The molecule has 3 atom stereocenters. The van der Waals surface area contributed by atoms with E-state index >= 15 is 0 Å². The van der Waals surface area contributed by atoms with E-state index in [-0.39, 0.29) is 30.5 Å². The molecule has 0 radical (unpaired) electrons. The Morgan fingerprint density at radius 2 is 1.79 bits per heavy atom. The second-order valence-electron chi connectivity index (χ2n) is 8.75. The van der Waals surface area contributed by atoms with Crippen molar-refractivity contribution in [1.82, 2.24) is 9.62 Å². The van der Waals surface area contributed by atoms with E-state index in [1.807, 2.05) is 0 Å². The number of alkyl halides is 2. The molecule has 0 spiro atoms. The molecule has 4 rings (SSSR count). The Kier molecular flexibility index (Phi) is 6.26. The van der Waals surface area contributed by atoms with Gasteiger partial charge in [-0.05, 0) is 35.6 Å². The second-order valence-corrected chi connectivity index (χ2v) is 10.6. The van der Waals surface area contributed by atoms with E-state index in [1.165, 1.54) is 23.1 Å². The zero-order chi connectivity index (χ0) is 24.0. The molecule has 2 aliphatic rings. The fourth-order valence-corrected chi connectivity index (χ4v) is 5.00. The van der Waals surface area contributed by atoms with Gasteiger partial charge in [-0.1, -0.05) is 30.3 Å². The molecule has 2 aromatic rings. The van der Waals surface area contributed by atoms with Gasteiger partial charge >= 0.3 is 0 Å². The van der Waals surface area contributed by atoms with Crippen LogP contribution in [0.2, 0.25) is 0 Å². The molecule has 0 bridgehead atoms. The molecular weight excluding hydrogens is 460 g/mol. The van der Waals surface area contributed by atoms with Gasteiger partial charge in [-0.15, -0.1) is 0 Å². The van der Waals surface area contributed by atoms with Crippen LogP contribution in [0.1, 0.15) is 24.3 Å². The van der Waals surface area contributed by atoms with Gasteiger partial charge in [0.05, 0.1) is 17.7 Å². The van der Waals surface area contributed by atoms with Crippen molar-refractivity contribution in [3.8, 4) is 11.1 Å². The van der Waals surface area contributed by atoms with Crippen molar-refractivity contribution in [2.24, 2.45) is 11.8 Å². The third-order valence-corrected chi connectivity index (χ3v) is 7.05. The zero-order valence-corrected chi connectivity index (χ0v) is 18.7. The zero-order valence-electron chi connectivity index (χ0n) is 17.9. The van der Waals surface area contributed by atoms with E-state index in [0.29, 0.717) is 17.5 Å². The van der Waals surface area contributed by atoms with Crippen LogP contribution in [-0.4, -0.2) is 51.0 Å². The fraction of sp³-hybridized carbons (Fsp3) is 0.435. The third-order valence-electron chi connectivity index (χ3n) is 6.36. The SMILES string of the molecule is CS(=O)(=O)NC[C@@H]1CN(C(=O)[C@@H]2C[C@H]2c2ccccc2-c2c(F)cccc2F)CCC1(F)F. The van der Waals surface area contributed by atoms with Crippen molar-refractivity contribution in [3.63, 3.8) is 0 Å². The molecule has 1 saturated heterocycles. The minimum atomic E-state index is -3.65. The van der Waals surface area contributed by atoms with Crippen molar-refractivity contribution in [3.05, 3.63) is 59.7 Å². The van der Waals surface area contributed by atoms with E-state index in [9.17, 15) is 30.8 Å². The van der Waals surface area contributed by atoms with Gasteiger partial charge in [0, 0.05) is 32.0 Å². The van der Waals surface area contributed by atoms with E-state index in [0.717, 1.165) is 6.26 Å². The van der Waals surface area contributed by atoms with Gasteiger partial charge in [-0.2, -0.15) is 0 Å². The van der Waals surface area contributed by atoms with Crippen molar-refractivity contribution in [2.45, 2.75) is 24.7 Å². The van der Waals surface area contributed by atoms with Gasteiger partial charge in [0.25, 0.3) is 5.92 Å². The van der Waals surface area contributed by atoms with Crippen LogP contribution >= 0.6 is 0 Å². The maximum atomic E-state index is 14.4. The highest BCUT2D eigenvalue weighted by Crippen LogP contribution is 2.52. The minimum absolute atomic E-state index is 0.131. The van der Waals surface area contributed by atoms with Crippen LogP contribution in [0, 0.1) is 23.5 Å². The lowest BCUT2D eigenvalue weighted by Crippen LogP contribution is -2.53. The smallest absolute Gasteiger partial charge is 0.255 e. The molecule has 0 aromatic heterocycles. The predicted molar refractivity (Wildman–Crippen MR) is 115 cm³/mol. The summed E-state index contributed by atoms with van der Waals surface area (Å²) >= 11 is 0. The molecule has 1 saturated carbocycles. The highest BCUT2D eigenvalue weighted by atomic mass is 32.2. The van der Waals surface area contributed by atoms with Crippen LogP contribution in [0.25, 0.3) is 11.1 Å². The molecule has 178 valence electrons. The molecule has 2 fully saturated rings. The average molecular weight is 485 g/mol. The van der Waals surface area contributed by atoms with Crippen LogP contribution in [0.15, 0.2) is 42.5 Å². The lowest BCUT2D eigenvalue weighted by molar-refractivity contribution is -0.146. The standard InChI is InChI=1S/C23H24F4N2O3S/c1-33(31,32)28-12-14-13-29(10-9-23(14,26)27)22(30)18-11-17(18)15-5-2-3-6-16(15)21-19(24)7-4-8-20(21)25/h2-8,14,17-18,28H,9-13H2,1H3/t14-,17+,18-/m1/s1. The van der Waals surface area contributed by atoms with Gasteiger partial charge in [0.1, 0.15) is 11.6 Å². The van der Waals surface area contributed by atoms with Crippen LogP contribution in [0.3, 0.4) is 0 Å². The van der Waals surface area contributed by atoms with Crippen LogP contribution < -0.4 is 4.72 Å². The fourth-order valence-electron chi connectivity index (χ4n) is 4.49. The van der Waals surface area contributed by atoms with Gasteiger partial charge in [-0.25, -0.2) is 30.7 Å². The number of carbonyl (C=O) groups is 1. The Hall–Kier alpha value is -2.46. The monoisotopic (exact) mass is 484 g/mol. The first kappa shape index (κ1) is 23.7. The topological polar surface area (TPSA) is 66.5 Å². The molecule has 5 nitrogen and oxygen atoms in total. The summed E-state index contributed by atoms with van der Waals surface area (Å²) in [5, 5.41) is 0. The van der Waals surface area contributed by atoms with Crippen LogP contribution in [0.4, 0.5) is 17.6 Å². The Balaban J connectivity index is 1.51. The lowest BCUT2D eigenvalue weighted by atomic mass is 9.92. The Morgan fingerprint density at radius 1 is 1.12 bits per heavy atom. The summed E-state index contributed by atoms with van der Waals surface area (Å²) in [5.41, 5.74) is 0.849. The Bertz CT molecular complexity index is 1150. The number of hydrogen-bond donors (Lipinski definition) is 1. The molecule has 10 heteroatoms. The number of rotatable bonds is 6. The summed E-state index contributed by atoms with van der Waals surface area (Å²) < 4.78 is 82.1. The summed E-state index contributed by atoms with van der Waals surface area (Å²) in [6, 6.07) is 10.3. The predicted octanol–water partition coefficient (Wildman–Crippen LogP) is 3.77. The average Bonchev–Trinajstić information content (AvgIpc) is 3.52. The summed E-state index contributed by atoms with van der Waals surface area (Å²) in [6.07, 6.45) is 0.788. The molecule has 1 heterocycles. The highest BCUT2D eigenvalue weighted by Gasteiger charge is 2.51. The van der Waals surface area contributed by atoms with Gasteiger partial charge in [0.15, 0.2) is 0 Å². The minimum Gasteiger partial charge on any atom is -0.342 e. The number of benzene rings is 2. The molecule has 2 aromatic carbocycles. The number of hydrogen-bond acceptors (Lipinski definition) is 3. The number of nitrogens with zero attached hydrogens (tertiary/aromatic N) is 1. The van der Waals surface area contributed by atoms with Crippen molar-refractivity contribution in [2.75, 3.05) is 25.9 Å². The van der Waals surface area contributed by atoms with Crippen molar-refractivity contribution < 1.29 is 30.8 Å². The van der Waals surface area contributed by atoms with Crippen molar-refractivity contribution in [1.29, 1.82) is 0 Å². The Labute approximate surface area is 189 Å². The highest BCUT2D eigenvalue weighted by molar-refractivity contribution is 7.88. The number of nitrogens with one attached hydrogen (secondary N) is 1. The largest absolute Gasteiger partial charge is 0.342 e. The molecule has 1 aliphatic heterocycles. The number of carbonyl (C=O) groups excluding carboxylic acids is 1. The van der Waals surface area contributed by atoms with E-state index in [2.05, 4.69) is 4.72 Å². The normalized spacial score (nSPS) is 24.5. The number of halogens is 4. The van der Waals surface area contributed by atoms with E-state index in [4.69, 9.17) is 0 Å². The third kappa shape index (κ3) is 5.06. The van der Waals surface area contributed by atoms with Crippen LogP contribution in [0.5, 0.6) is 0 Å². The summed E-state index contributed by atoms with van der Waals surface area (Å²) in [6.45, 7) is -0.853. The van der Waals surface area contributed by atoms with E-state index < -0.39 is 52.4 Å². The number of piperidine rings is 1. The van der Waals surface area contributed by atoms with E-state index in [1.54, 1.807) is 24.3 Å². The van der Waals surface area contributed by atoms with Gasteiger partial charge < -0.3 is 4.90 Å². The molecule has 1 N–H and O–H groups in total. The molecule has 0 unspecified atom stereocenters. The Morgan fingerprint density at radius 3 is 2.45 bits per heavy atom. The molecular formula is C23H24F4N2O3S. The van der Waals surface area contributed by atoms with Gasteiger partial charge in [0.2, 0.25) is 15.9 Å². The summed E-state index contributed by atoms with van der Waals surface area (Å²) in [7, 11) is -3.65. The summed E-state index contributed by atoms with van der Waals surface area (Å²) in [5.74, 6) is -6.88. The second kappa shape index (κ2) is 8.72.